The number of fused-ring (bicyclic) bond motifs is 1. The number of carbonyl (C=O) groups excluding carboxylic acids is 2. The molecule has 0 fully saturated rings. The van der Waals surface area contributed by atoms with E-state index >= 15 is 0 Å². The number of allylic oxidation sites excluding steroid dienone is 1. The number of Topliss-reactive ketones (excluding diaryl/α,β-unsaturated/α-hetero) is 1. The molecule has 3 atom stereocenters. The highest BCUT2D eigenvalue weighted by Crippen LogP contribution is 2.44. The topological polar surface area (TPSA) is 67.4 Å². The SMILES string of the molecule is COC(=O)[C@H]1C(=O)C2=C(C[C@H]1C)Nc1ccccc1N[C@@H]2c1ccccc1F. The molecule has 144 valence electrons. The number of esters is 1. The molecule has 2 N–H and O–H groups in total. The molecule has 6 heteroatoms. The first-order valence-electron chi connectivity index (χ1n) is 9.23. The number of anilines is 2. The molecule has 1 heterocycles. The summed E-state index contributed by atoms with van der Waals surface area (Å²) >= 11 is 0. The maximum absolute atomic E-state index is 14.7. The van der Waals surface area contributed by atoms with Crippen molar-refractivity contribution in [1.29, 1.82) is 0 Å². The van der Waals surface area contributed by atoms with Gasteiger partial charge in [0.2, 0.25) is 0 Å². The first-order chi connectivity index (χ1) is 13.5. The van der Waals surface area contributed by atoms with E-state index in [0.29, 0.717) is 23.3 Å². The zero-order valence-electron chi connectivity index (χ0n) is 15.7. The van der Waals surface area contributed by atoms with Crippen molar-refractivity contribution in [2.75, 3.05) is 17.7 Å². The molecule has 4 rings (SSSR count). The van der Waals surface area contributed by atoms with Gasteiger partial charge in [-0.05, 0) is 30.5 Å². The number of rotatable bonds is 2. The summed E-state index contributed by atoms with van der Waals surface area (Å²) in [6.07, 6.45) is 0.488. The monoisotopic (exact) mass is 380 g/mol. The Hall–Kier alpha value is -3.15. The molecule has 0 amide bonds. The number of hydrogen-bond donors (Lipinski definition) is 2. The largest absolute Gasteiger partial charge is 0.468 e. The molecule has 2 aromatic carbocycles. The lowest BCUT2D eigenvalue weighted by Gasteiger charge is -2.32. The van der Waals surface area contributed by atoms with E-state index in [1.54, 1.807) is 18.2 Å². The van der Waals surface area contributed by atoms with Crippen molar-refractivity contribution in [1.82, 2.24) is 0 Å². The number of ketones is 1. The Kier molecular flexibility index (Phi) is 4.63. The number of methoxy groups -OCH3 is 1. The zero-order chi connectivity index (χ0) is 19.8. The van der Waals surface area contributed by atoms with Gasteiger partial charge in [0.1, 0.15) is 11.7 Å². The van der Waals surface area contributed by atoms with Gasteiger partial charge in [0.05, 0.1) is 24.5 Å². The molecule has 0 saturated heterocycles. The molecule has 1 aliphatic heterocycles. The summed E-state index contributed by atoms with van der Waals surface area (Å²) in [6, 6.07) is 13.2. The second-order valence-corrected chi connectivity index (χ2v) is 7.21. The van der Waals surface area contributed by atoms with E-state index in [1.807, 2.05) is 31.2 Å². The minimum atomic E-state index is -0.900. The highest BCUT2D eigenvalue weighted by Gasteiger charge is 2.44. The highest BCUT2D eigenvalue weighted by molar-refractivity contribution is 6.11. The van der Waals surface area contributed by atoms with E-state index in [4.69, 9.17) is 4.74 Å². The molecule has 2 aromatic rings. The second-order valence-electron chi connectivity index (χ2n) is 7.21. The minimum absolute atomic E-state index is 0.224. The fourth-order valence-electron chi connectivity index (χ4n) is 4.08. The van der Waals surface area contributed by atoms with E-state index in [9.17, 15) is 14.0 Å². The maximum atomic E-state index is 14.7. The summed E-state index contributed by atoms with van der Waals surface area (Å²) in [5.74, 6) is -2.42. The van der Waals surface area contributed by atoms with Gasteiger partial charge in [0.25, 0.3) is 0 Å². The van der Waals surface area contributed by atoms with Crippen molar-refractivity contribution in [3.8, 4) is 0 Å². The van der Waals surface area contributed by atoms with Crippen LogP contribution in [0, 0.1) is 17.7 Å². The fourth-order valence-corrected chi connectivity index (χ4v) is 4.08. The summed E-state index contributed by atoms with van der Waals surface area (Å²) < 4.78 is 19.6. The minimum Gasteiger partial charge on any atom is -0.468 e. The van der Waals surface area contributed by atoms with Crippen LogP contribution in [0.25, 0.3) is 0 Å². The van der Waals surface area contributed by atoms with E-state index in [2.05, 4.69) is 10.6 Å². The van der Waals surface area contributed by atoms with Crippen LogP contribution in [0.15, 0.2) is 59.8 Å². The lowest BCUT2D eigenvalue weighted by Crippen LogP contribution is -2.39. The quantitative estimate of drug-likeness (QED) is 0.608. The standard InChI is InChI=1S/C22H21FN2O3/c1-12-11-17-19(21(26)18(12)22(27)28-2)20(13-7-3-4-8-14(13)23)25-16-10-6-5-9-15(16)24-17/h3-10,12,18,20,24-25H,11H2,1-2H3/t12-,18-,20-/m1/s1. The van der Waals surface area contributed by atoms with Crippen LogP contribution in [0.3, 0.4) is 0 Å². The first-order valence-corrected chi connectivity index (χ1v) is 9.23. The van der Waals surface area contributed by atoms with Crippen molar-refractivity contribution < 1.29 is 18.7 Å². The van der Waals surface area contributed by atoms with Crippen LogP contribution < -0.4 is 10.6 Å². The Morgan fingerprint density at radius 2 is 1.79 bits per heavy atom. The number of halogens is 1. The summed E-state index contributed by atoms with van der Waals surface area (Å²) in [5, 5.41) is 6.65. The van der Waals surface area contributed by atoms with E-state index in [-0.39, 0.29) is 11.7 Å². The van der Waals surface area contributed by atoms with Gasteiger partial charge in [-0.15, -0.1) is 0 Å². The molecular weight excluding hydrogens is 359 g/mol. The molecule has 0 saturated carbocycles. The van der Waals surface area contributed by atoms with Crippen molar-refractivity contribution in [3.63, 3.8) is 0 Å². The molecular formula is C22H21FN2O3. The van der Waals surface area contributed by atoms with Gasteiger partial charge in [-0.2, -0.15) is 0 Å². The van der Waals surface area contributed by atoms with Gasteiger partial charge in [-0.3, -0.25) is 9.59 Å². The van der Waals surface area contributed by atoms with Crippen molar-refractivity contribution in [2.24, 2.45) is 11.8 Å². The van der Waals surface area contributed by atoms with Crippen LogP contribution in [0.4, 0.5) is 15.8 Å². The Bertz CT molecular complexity index is 985. The Morgan fingerprint density at radius 3 is 2.50 bits per heavy atom. The van der Waals surface area contributed by atoms with Gasteiger partial charge >= 0.3 is 5.97 Å². The molecule has 28 heavy (non-hydrogen) atoms. The zero-order valence-corrected chi connectivity index (χ0v) is 15.7. The summed E-state index contributed by atoms with van der Waals surface area (Å²) in [5.41, 5.74) is 3.03. The van der Waals surface area contributed by atoms with Crippen LogP contribution in [-0.4, -0.2) is 18.9 Å². The predicted octanol–water partition coefficient (Wildman–Crippen LogP) is 4.06. The number of carbonyl (C=O) groups is 2. The van der Waals surface area contributed by atoms with Crippen LogP contribution in [-0.2, 0) is 14.3 Å². The third kappa shape index (κ3) is 2.95. The van der Waals surface area contributed by atoms with Crippen molar-refractivity contribution in [2.45, 2.75) is 19.4 Å². The summed E-state index contributed by atoms with van der Waals surface area (Å²) in [7, 11) is 1.28. The number of ether oxygens (including phenoxy) is 1. The summed E-state index contributed by atoms with van der Waals surface area (Å²) in [6.45, 7) is 1.85. The second kappa shape index (κ2) is 7.11. The molecule has 2 aliphatic rings. The van der Waals surface area contributed by atoms with E-state index in [0.717, 1.165) is 11.4 Å². The van der Waals surface area contributed by atoms with E-state index < -0.39 is 23.7 Å². The molecule has 0 spiro atoms. The molecule has 0 unspecified atom stereocenters. The van der Waals surface area contributed by atoms with Crippen LogP contribution in [0.5, 0.6) is 0 Å². The van der Waals surface area contributed by atoms with Crippen molar-refractivity contribution in [3.05, 3.63) is 71.2 Å². The van der Waals surface area contributed by atoms with Gasteiger partial charge in [-0.1, -0.05) is 37.3 Å². The van der Waals surface area contributed by atoms with Crippen LogP contribution in [0.2, 0.25) is 0 Å². The Morgan fingerprint density at radius 1 is 1.11 bits per heavy atom. The molecule has 1 aliphatic carbocycles. The smallest absolute Gasteiger partial charge is 0.316 e. The fraction of sp³-hybridized carbons (Fsp3) is 0.273. The van der Waals surface area contributed by atoms with Crippen molar-refractivity contribution >= 4 is 23.1 Å². The number of hydrogen-bond acceptors (Lipinski definition) is 5. The summed E-state index contributed by atoms with van der Waals surface area (Å²) in [4.78, 5) is 25.7. The Labute approximate surface area is 162 Å². The normalized spacial score (nSPS) is 23.7. The third-order valence-electron chi connectivity index (χ3n) is 5.44. The molecule has 0 bridgehead atoms. The highest BCUT2D eigenvalue weighted by atomic mass is 19.1. The van der Waals surface area contributed by atoms with Gasteiger partial charge in [0.15, 0.2) is 5.78 Å². The number of nitrogens with one attached hydrogen (secondary N) is 2. The molecule has 5 nitrogen and oxygen atoms in total. The third-order valence-corrected chi connectivity index (χ3v) is 5.44. The molecule has 0 radical (unpaired) electrons. The Balaban J connectivity index is 1.90. The molecule has 0 aromatic heterocycles. The average Bonchev–Trinajstić information content (AvgIpc) is 2.84. The van der Waals surface area contributed by atoms with Gasteiger partial charge < -0.3 is 15.4 Å². The van der Waals surface area contributed by atoms with Crippen LogP contribution in [0.1, 0.15) is 24.9 Å². The number of para-hydroxylation sites is 2. The predicted molar refractivity (Wildman–Crippen MR) is 104 cm³/mol. The maximum Gasteiger partial charge on any atom is 0.316 e. The van der Waals surface area contributed by atoms with E-state index in [1.165, 1.54) is 13.2 Å². The number of benzene rings is 2. The lowest BCUT2D eigenvalue weighted by molar-refractivity contribution is -0.151. The lowest BCUT2D eigenvalue weighted by atomic mass is 9.74. The first kappa shape index (κ1) is 18.2. The van der Waals surface area contributed by atoms with Gasteiger partial charge in [-0.25, -0.2) is 4.39 Å². The van der Waals surface area contributed by atoms with Gasteiger partial charge in [0, 0.05) is 16.8 Å². The average molecular weight is 380 g/mol. The van der Waals surface area contributed by atoms with Crippen LogP contribution >= 0.6 is 0 Å².